The molecule has 2 aromatic heterocycles. The average Bonchev–Trinajstić information content (AvgIpc) is 3.57. The number of hydrogen-bond acceptors (Lipinski definition) is 6. The van der Waals surface area contributed by atoms with Gasteiger partial charge in [-0.2, -0.15) is 0 Å². The van der Waals surface area contributed by atoms with Crippen LogP contribution in [0.5, 0.6) is 0 Å². The quantitative estimate of drug-likeness (QED) is 0.430. The second kappa shape index (κ2) is 12.4. The number of benzene rings is 1. The topological polar surface area (TPSA) is 95.0 Å². The molecule has 43 heavy (non-hydrogen) atoms. The van der Waals surface area contributed by atoms with Crippen LogP contribution in [0.15, 0.2) is 58.7 Å². The molecule has 1 N–H and O–H groups in total. The van der Waals surface area contributed by atoms with Gasteiger partial charge < -0.3 is 24.6 Å². The fraction of sp³-hybridized carbons (Fsp3) is 0.455. The molecule has 2 saturated heterocycles. The predicted molar refractivity (Wildman–Crippen MR) is 169 cm³/mol. The van der Waals surface area contributed by atoms with E-state index in [1.165, 1.54) is 11.3 Å². The van der Waals surface area contributed by atoms with Crippen molar-refractivity contribution in [3.63, 3.8) is 0 Å². The second-order valence-electron chi connectivity index (χ2n) is 11.9. The van der Waals surface area contributed by atoms with Crippen molar-refractivity contribution in [2.24, 2.45) is 11.8 Å². The zero-order chi connectivity index (χ0) is 30.1. The Balaban J connectivity index is 1.28. The summed E-state index contributed by atoms with van der Waals surface area (Å²) in [6.07, 6.45) is 2.59. The maximum absolute atomic E-state index is 13.8. The van der Waals surface area contributed by atoms with Crippen molar-refractivity contribution in [2.45, 2.75) is 45.6 Å². The Bertz CT molecular complexity index is 1560. The maximum Gasteiger partial charge on any atom is 0.265 e. The van der Waals surface area contributed by atoms with Gasteiger partial charge in [-0.3, -0.25) is 19.2 Å². The molecule has 3 aromatic rings. The molecule has 226 valence electrons. The van der Waals surface area contributed by atoms with Crippen molar-refractivity contribution in [3.05, 3.63) is 80.4 Å². The minimum absolute atomic E-state index is 0.0474. The Morgan fingerprint density at radius 3 is 2.60 bits per heavy atom. The third-order valence-corrected chi connectivity index (χ3v) is 10.1. The molecular weight excluding hydrogens is 562 g/mol. The minimum atomic E-state index is -0.210. The van der Waals surface area contributed by atoms with Gasteiger partial charge in [-0.15, -0.1) is 11.3 Å². The maximum atomic E-state index is 13.8. The fourth-order valence-electron chi connectivity index (χ4n) is 7.07. The number of rotatable bonds is 7. The molecule has 2 bridgehead atoms. The molecule has 0 spiro atoms. The van der Waals surface area contributed by atoms with E-state index in [-0.39, 0.29) is 35.1 Å². The smallest absolute Gasteiger partial charge is 0.265 e. The standard InChI is InChI=1S/C33H39N5O4S/c1-3-35(4-2)33(42)24-8-6-14-36(20-24)32(41)23-12-13-28(26(17-23)34-31(40)29-10-7-15-43-29)37-18-22-16-25(21-37)27-9-5-11-30(39)38(27)19-22/h5,7,9-13,15,17,22,24-25H,3-4,6,8,14,16,18-21H2,1-2H3,(H,34,40)/t22-,24-,25+/m1/s1. The number of likely N-dealkylation sites (tertiary alicyclic amines) is 1. The number of hydrogen-bond donors (Lipinski definition) is 1. The summed E-state index contributed by atoms with van der Waals surface area (Å²) in [5.41, 5.74) is 3.07. The van der Waals surface area contributed by atoms with Crippen LogP contribution in [0, 0.1) is 11.8 Å². The van der Waals surface area contributed by atoms with Gasteiger partial charge in [-0.25, -0.2) is 0 Å². The van der Waals surface area contributed by atoms with Crippen LogP contribution < -0.4 is 15.8 Å². The highest BCUT2D eigenvalue weighted by atomic mass is 32.1. The van der Waals surface area contributed by atoms with E-state index in [0.717, 1.165) is 43.7 Å². The third-order valence-electron chi connectivity index (χ3n) is 9.19. The van der Waals surface area contributed by atoms with Crippen LogP contribution in [0.3, 0.4) is 0 Å². The zero-order valence-corrected chi connectivity index (χ0v) is 25.6. The number of pyridine rings is 1. The van der Waals surface area contributed by atoms with Gasteiger partial charge in [0.15, 0.2) is 0 Å². The number of thiophene rings is 1. The summed E-state index contributed by atoms with van der Waals surface area (Å²) in [5.74, 6) is 0.0930. The summed E-state index contributed by atoms with van der Waals surface area (Å²) in [6, 6.07) is 14.7. The van der Waals surface area contributed by atoms with Gasteiger partial charge >= 0.3 is 0 Å². The Hall–Kier alpha value is -3.92. The van der Waals surface area contributed by atoms with E-state index >= 15 is 0 Å². The Labute approximate surface area is 256 Å². The van der Waals surface area contributed by atoms with Crippen LogP contribution in [0.2, 0.25) is 0 Å². The summed E-state index contributed by atoms with van der Waals surface area (Å²) >= 11 is 1.37. The van der Waals surface area contributed by atoms with Crippen molar-refractivity contribution < 1.29 is 14.4 Å². The molecule has 3 atom stereocenters. The number of carbonyl (C=O) groups excluding carboxylic acids is 3. The van der Waals surface area contributed by atoms with Crippen molar-refractivity contribution in [3.8, 4) is 0 Å². The number of piperidine rings is 2. The third kappa shape index (κ3) is 5.85. The fourth-order valence-corrected chi connectivity index (χ4v) is 7.69. The van der Waals surface area contributed by atoms with Gasteiger partial charge in [0, 0.05) is 69.1 Å². The lowest BCUT2D eigenvalue weighted by Crippen LogP contribution is -2.47. The van der Waals surface area contributed by atoms with Crippen LogP contribution in [0.25, 0.3) is 0 Å². The molecule has 0 radical (unpaired) electrons. The first kappa shape index (κ1) is 29.2. The normalized spacial score (nSPS) is 21.2. The van der Waals surface area contributed by atoms with Crippen molar-refractivity contribution in [1.29, 1.82) is 0 Å². The highest BCUT2D eigenvalue weighted by molar-refractivity contribution is 7.12. The van der Waals surface area contributed by atoms with Crippen molar-refractivity contribution in [1.82, 2.24) is 14.4 Å². The Morgan fingerprint density at radius 2 is 1.84 bits per heavy atom. The van der Waals surface area contributed by atoms with Crippen molar-refractivity contribution in [2.75, 3.05) is 49.5 Å². The number of aromatic nitrogens is 1. The van der Waals surface area contributed by atoms with E-state index in [9.17, 15) is 19.2 Å². The summed E-state index contributed by atoms with van der Waals surface area (Å²) < 4.78 is 1.91. The van der Waals surface area contributed by atoms with Gasteiger partial charge in [-0.1, -0.05) is 12.1 Å². The molecule has 3 amide bonds. The molecule has 2 fully saturated rings. The van der Waals surface area contributed by atoms with E-state index in [1.807, 2.05) is 59.0 Å². The number of carbonyl (C=O) groups is 3. The number of amides is 3. The molecule has 3 aliphatic heterocycles. The molecule has 0 saturated carbocycles. The SMILES string of the molecule is CCN(CC)C(=O)[C@@H]1CCCN(C(=O)c2ccc(N3C[C@H]4C[C@@H](C3)c3cccc(=O)n3C4)c(NC(=O)c3cccs3)c2)C1. The lowest BCUT2D eigenvalue weighted by Gasteiger charge is -2.44. The summed E-state index contributed by atoms with van der Waals surface area (Å²) in [7, 11) is 0. The first-order valence-corrected chi connectivity index (χ1v) is 16.3. The van der Waals surface area contributed by atoms with Crippen LogP contribution in [-0.4, -0.2) is 71.4 Å². The van der Waals surface area contributed by atoms with Gasteiger partial charge in [-0.05, 0) is 74.7 Å². The molecule has 5 heterocycles. The van der Waals surface area contributed by atoms with Crippen LogP contribution >= 0.6 is 11.3 Å². The van der Waals surface area contributed by atoms with E-state index in [0.29, 0.717) is 54.8 Å². The van der Waals surface area contributed by atoms with Gasteiger partial charge in [0.25, 0.3) is 17.4 Å². The first-order valence-electron chi connectivity index (χ1n) is 15.4. The van der Waals surface area contributed by atoms with E-state index < -0.39 is 0 Å². The average molecular weight is 602 g/mol. The number of nitrogens with one attached hydrogen (secondary N) is 1. The number of fused-ring (bicyclic) bond motifs is 4. The lowest BCUT2D eigenvalue weighted by atomic mass is 9.83. The van der Waals surface area contributed by atoms with Crippen LogP contribution in [-0.2, 0) is 11.3 Å². The minimum Gasteiger partial charge on any atom is -0.369 e. The molecule has 6 rings (SSSR count). The highest BCUT2D eigenvalue weighted by Crippen LogP contribution is 2.39. The molecule has 3 aliphatic rings. The second-order valence-corrected chi connectivity index (χ2v) is 12.8. The number of nitrogens with zero attached hydrogens (tertiary/aromatic N) is 4. The molecule has 0 unspecified atom stereocenters. The Morgan fingerprint density at radius 1 is 1.00 bits per heavy atom. The van der Waals surface area contributed by atoms with Gasteiger partial charge in [0.05, 0.1) is 22.2 Å². The Kier molecular flexibility index (Phi) is 8.38. The van der Waals surface area contributed by atoms with Gasteiger partial charge in [0.2, 0.25) is 5.91 Å². The van der Waals surface area contributed by atoms with Gasteiger partial charge in [0.1, 0.15) is 0 Å². The van der Waals surface area contributed by atoms with Crippen LogP contribution in [0.1, 0.15) is 64.8 Å². The van der Waals surface area contributed by atoms with Crippen molar-refractivity contribution >= 4 is 40.4 Å². The molecule has 0 aliphatic carbocycles. The molecule has 9 nitrogen and oxygen atoms in total. The number of anilines is 2. The summed E-state index contributed by atoms with van der Waals surface area (Å²) in [6.45, 7) is 8.45. The van der Waals surface area contributed by atoms with E-state index in [1.54, 1.807) is 23.1 Å². The molecule has 10 heteroatoms. The van der Waals surface area contributed by atoms with E-state index in [4.69, 9.17) is 0 Å². The zero-order valence-electron chi connectivity index (χ0n) is 24.8. The summed E-state index contributed by atoms with van der Waals surface area (Å²) in [5, 5.41) is 4.97. The first-order chi connectivity index (χ1) is 20.9. The molecule has 1 aromatic carbocycles. The van der Waals surface area contributed by atoms with E-state index in [2.05, 4.69) is 10.2 Å². The highest BCUT2D eigenvalue weighted by Gasteiger charge is 2.36. The lowest BCUT2D eigenvalue weighted by molar-refractivity contribution is -0.136. The largest absolute Gasteiger partial charge is 0.369 e. The monoisotopic (exact) mass is 601 g/mol. The predicted octanol–water partition coefficient (Wildman–Crippen LogP) is 4.51. The summed E-state index contributed by atoms with van der Waals surface area (Å²) in [4.78, 5) is 59.2. The van der Waals surface area contributed by atoms with Crippen LogP contribution in [0.4, 0.5) is 11.4 Å². The molecular formula is C33H39N5O4S.